The first-order valence-electron chi connectivity index (χ1n) is 5.41. The Bertz CT molecular complexity index is 458. The fourth-order valence-corrected chi connectivity index (χ4v) is 1.64. The van der Waals surface area contributed by atoms with Gasteiger partial charge >= 0.3 is 5.97 Å². The Morgan fingerprint density at radius 3 is 2.89 bits per heavy atom. The molecule has 1 aromatic rings. The third-order valence-electron chi connectivity index (χ3n) is 2.54. The molecule has 1 fully saturated rings. The first kappa shape index (κ1) is 12.5. The van der Waals surface area contributed by atoms with Gasteiger partial charge in [0.15, 0.2) is 6.10 Å². The number of aromatic nitrogens is 2. The van der Waals surface area contributed by atoms with Gasteiger partial charge in [-0.3, -0.25) is 4.79 Å². The van der Waals surface area contributed by atoms with Crippen molar-refractivity contribution in [1.82, 2.24) is 15.0 Å². The van der Waals surface area contributed by atoms with Gasteiger partial charge in [-0.25, -0.2) is 4.79 Å². The van der Waals surface area contributed by atoms with E-state index in [0.29, 0.717) is 12.4 Å². The molecule has 8 nitrogen and oxygen atoms in total. The lowest BCUT2D eigenvalue weighted by atomic mass is 10.2. The van der Waals surface area contributed by atoms with E-state index in [2.05, 4.69) is 14.9 Å². The molecule has 2 heterocycles. The second-order valence-corrected chi connectivity index (χ2v) is 3.77. The van der Waals surface area contributed by atoms with E-state index < -0.39 is 12.1 Å². The molecular formula is C10H13N3O5. The maximum Gasteiger partial charge on any atom is 0.336 e. The van der Waals surface area contributed by atoms with Crippen LogP contribution < -0.4 is 0 Å². The lowest BCUT2D eigenvalue weighted by Crippen LogP contribution is -2.49. The molecule has 0 radical (unpaired) electrons. The minimum Gasteiger partial charge on any atom is -0.467 e. The maximum atomic E-state index is 12.0. The summed E-state index contributed by atoms with van der Waals surface area (Å²) in [6.07, 6.45) is -0.763. The van der Waals surface area contributed by atoms with E-state index in [9.17, 15) is 9.59 Å². The highest BCUT2D eigenvalue weighted by Crippen LogP contribution is 2.10. The van der Waals surface area contributed by atoms with Crippen LogP contribution in [0.5, 0.6) is 0 Å². The molecule has 1 unspecified atom stereocenters. The van der Waals surface area contributed by atoms with Crippen molar-refractivity contribution in [2.45, 2.75) is 13.0 Å². The summed E-state index contributed by atoms with van der Waals surface area (Å²) < 4.78 is 14.5. The van der Waals surface area contributed by atoms with Crippen molar-refractivity contribution in [3.05, 3.63) is 11.7 Å². The molecule has 18 heavy (non-hydrogen) atoms. The molecule has 0 N–H and O–H groups in total. The number of carbonyl (C=O) groups excluding carboxylic acids is 2. The van der Waals surface area contributed by atoms with Gasteiger partial charge in [-0.2, -0.15) is 4.98 Å². The van der Waals surface area contributed by atoms with E-state index in [4.69, 9.17) is 9.26 Å². The van der Waals surface area contributed by atoms with E-state index in [-0.39, 0.29) is 24.9 Å². The lowest BCUT2D eigenvalue weighted by molar-refractivity contribution is -0.158. The fraction of sp³-hybridized carbons (Fsp3) is 0.600. The number of carbonyl (C=O) groups is 2. The van der Waals surface area contributed by atoms with Crippen LogP contribution in [0.4, 0.5) is 0 Å². The fourth-order valence-electron chi connectivity index (χ4n) is 1.64. The Labute approximate surface area is 103 Å². The Morgan fingerprint density at radius 2 is 2.28 bits per heavy atom. The van der Waals surface area contributed by atoms with Crippen molar-refractivity contribution >= 4 is 11.9 Å². The van der Waals surface area contributed by atoms with Crippen molar-refractivity contribution in [2.24, 2.45) is 0 Å². The van der Waals surface area contributed by atoms with E-state index in [1.807, 2.05) is 0 Å². The number of nitrogens with zero attached hydrogens (tertiary/aromatic N) is 3. The molecule has 0 saturated carbocycles. The Kier molecular flexibility index (Phi) is 3.56. The van der Waals surface area contributed by atoms with Gasteiger partial charge in [0.1, 0.15) is 0 Å². The number of amides is 1. The molecular weight excluding hydrogens is 242 g/mol. The highest BCUT2D eigenvalue weighted by molar-refractivity contribution is 5.91. The summed E-state index contributed by atoms with van der Waals surface area (Å²) in [6.45, 7) is 2.36. The Morgan fingerprint density at radius 1 is 1.50 bits per heavy atom. The van der Waals surface area contributed by atoms with Gasteiger partial charge in [0.2, 0.25) is 5.89 Å². The van der Waals surface area contributed by atoms with Gasteiger partial charge in [0.25, 0.3) is 11.7 Å². The average Bonchev–Trinajstić information content (AvgIpc) is 2.83. The number of hydrogen-bond acceptors (Lipinski definition) is 7. The van der Waals surface area contributed by atoms with Crippen LogP contribution in [-0.2, 0) is 14.3 Å². The number of aryl methyl sites for hydroxylation is 1. The van der Waals surface area contributed by atoms with Crippen LogP contribution in [0.1, 0.15) is 16.5 Å². The van der Waals surface area contributed by atoms with Gasteiger partial charge in [-0.15, -0.1) is 0 Å². The largest absolute Gasteiger partial charge is 0.467 e. The van der Waals surface area contributed by atoms with E-state index in [1.165, 1.54) is 12.0 Å². The quantitative estimate of drug-likeness (QED) is 0.650. The zero-order valence-corrected chi connectivity index (χ0v) is 10.1. The summed E-state index contributed by atoms with van der Waals surface area (Å²) in [5.41, 5.74) is 0. The maximum absolute atomic E-state index is 12.0. The van der Waals surface area contributed by atoms with Crippen LogP contribution >= 0.6 is 0 Å². The van der Waals surface area contributed by atoms with Gasteiger partial charge in [0, 0.05) is 13.5 Å². The van der Waals surface area contributed by atoms with E-state index >= 15 is 0 Å². The van der Waals surface area contributed by atoms with Crippen molar-refractivity contribution in [3.63, 3.8) is 0 Å². The number of esters is 1. The number of methoxy groups -OCH3 is 1. The minimum absolute atomic E-state index is 0.0157. The molecule has 1 saturated heterocycles. The molecule has 1 aliphatic heterocycles. The normalized spacial score (nSPS) is 19.7. The third-order valence-corrected chi connectivity index (χ3v) is 2.54. The van der Waals surface area contributed by atoms with Crippen LogP contribution in [0.25, 0.3) is 0 Å². The molecule has 0 spiro atoms. The van der Waals surface area contributed by atoms with Crippen LogP contribution in [0.15, 0.2) is 4.52 Å². The molecule has 0 aromatic carbocycles. The predicted octanol–water partition coefficient (Wildman–Crippen LogP) is -0.608. The van der Waals surface area contributed by atoms with Gasteiger partial charge in [-0.1, -0.05) is 5.16 Å². The predicted molar refractivity (Wildman–Crippen MR) is 56.7 cm³/mol. The monoisotopic (exact) mass is 255 g/mol. The molecule has 0 bridgehead atoms. The SMILES string of the molecule is COC(=O)C1CN(C(=O)c2noc(C)n2)CCO1. The Balaban J connectivity index is 2.05. The topological polar surface area (TPSA) is 94.8 Å². The third kappa shape index (κ3) is 2.48. The number of morpholine rings is 1. The molecule has 98 valence electrons. The summed E-state index contributed by atoms with van der Waals surface area (Å²) in [5.74, 6) is -0.588. The van der Waals surface area contributed by atoms with E-state index in [0.717, 1.165) is 0 Å². The molecule has 2 rings (SSSR count). The molecule has 1 atom stereocenters. The zero-order chi connectivity index (χ0) is 13.1. The molecule has 1 aromatic heterocycles. The summed E-state index contributed by atoms with van der Waals surface area (Å²) in [6, 6.07) is 0. The smallest absolute Gasteiger partial charge is 0.336 e. The van der Waals surface area contributed by atoms with Crippen molar-refractivity contribution in [3.8, 4) is 0 Å². The zero-order valence-electron chi connectivity index (χ0n) is 10.1. The van der Waals surface area contributed by atoms with Crippen molar-refractivity contribution in [2.75, 3.05) is 26.8 Å². The first-order valence-corrected chi connectivity index (χ1v) is 5.41. The van der Waals surface area contributed by atoms with Gasteiger partial charge < -0.3 is 18.9 Å². The summed E-state index contributed by atoms with van der Waals surface area (Å²) in [7, 11) is 1.27. The lowest BCUT2D eigenvalue weighted by Gasteiger charge is -2.30. The number of ether oxygens (including phenoxy) is 2. The summed E-state index contributed by atoms with van der Waals surface area (Å²) in [4.78, 5) is 28.6. The molecule has 8 heteroatoms. The highest BCUT2D eigenvalue weighted by Gasteiger charge is 2.31. The van der Waals surface area contributed by atoms with Gasteiger partial charge in [0.05, 0.1) is 20.3 Å². The molecule has 1 amide bonds. The van der Waals surface area contributed by atoms with Crippen molar-refractivity contribution < 1.29 is 23.6 Å². The standard InChI is InChI=1S/C10H13N3O5/c1-6-11-8(12-18-6)9(14)13-3-4-17-7(5-13)10(15)16-2/h7H,3-5H2,1-2H3. The van der Waals surface area contributed by atoms with Gasteiger partial charge in [-0.05, 0) is 0 Å². The average molecular weight is 255 g/mol. The molecule has 0 aliphatic carbocycles. The Hall–Kier alpha value is -1.96. The summed E-state index contributed by atoms with van der Waals surface area (Å²) >= 11 is 0. The van der Waals surface area contributed by atoms with Crippen LogP contribution in [0, 0.1) is 6.92 Å². The van der Waals surface area contributed by atoms with Crippen molar-refractivity contribution in [1.29, 1.82) is 0 Å². The highest BCUT2D eigenvalue weighted by atomic mass is 16.6. The summed E-state index contributed by atoms with van der Waals surface area (Å²) in [5, 5.41) is 3.55. The second-order valence-electron chi connectivity index (χ2n) is 3.77. The number of hydrogen-bond donors (Lipinski definition) is 0. The van der Waals surface area contributed by atoms with Crippen LogP contribution in [0.2, 0.25) is 0 Å². The van der Waals surface area contributed by atoms with Crippen LogP contribution in [0.3, 0.4) is 0 Å². The van der Waals surface area contributed by atoms with Crippen LogP contribution in [-0.4, -0.2) is 59.8 Å². The van der Waals surface area contributed by atoms with E-state index in [1.54, 1.807) is 6.92 Å². The minimum atomic E-state index is -0.763. The second kappa shape index (κ2) is 5.13. The molecule has 1 aliphatic rings. The number of rotatable bonds is 2. The first-order chi connectivity index (χ1) is 8.61.